The van der Waals surface area contributed by atoms with Gasteiger partial charge in [0.1, 0.15) is 0 Å². The van der Waals surface area contributed by atoms with E-state index in [4.69, 9.17) is 0 Å². The average molecular weight is 207 g/mol. The molecule has 1 amide bonds. The third kappa shape index (κ3) is 2.48. The minimum Gasteiger partial charge on any atom is -0.342 e. The van der Waals surface area contributed by atoms with Crippen molar-refractivity contribution in [3.63, 3.8) is 0 Å². The first-order valence-electron chi connectivity index (χ1n) is 3.77. The zero-order valence-corrected chi connectivity index (χ0v) is 7.22. The molecule has 0 saturated carbocycles. The number of hydrogen-bond acceptors (Lipinski definition) is 2. The molecule has 0 bridgehead atoms. The minimum absolute atomic E-state index is 0.489. The summed E-state index contributed by atoms with van der Waals surface area (Å²) in [4.78, 5) is 10.5. The standard InChI is InChI=1S/C7H8F3N3O/c1-4(5-2-11-12-3-5)13-6(14)7(8,9)10/h2-4H,1H3,(H,11,12)(H,13,14). The third-order valence-electron chi connectivity index (χ3n) is 1.62. The van der Waals surface area contributed by atoms with E-state index >= 15 is 0 Å². The maximum Gasteiger partial charge on any atom is 0.471 e. The van der Waals surface area contributed by atoms with Gasteiger partial charge >= 0.3 is 12.1 Å². The molecule has 0 fully saturated rings. The summed E-state index contributed by atoms with van der Waals surface area (Å²) in [5.41, 5.74) is 0.489. The number of nitrogens with zero attached hydrogens (tertiary/aromatic N) is 1. The summed E-state index contributed by atoms with van der Waals surface area (Å²) in [5, 5.41) is 7.79. The molecule has 0 aliphatic carbocycles. The first-order valence-corrected chi connectivity index (χ1v) is 3.77. The fourth-order valence-corrected chi connectivity index (χ4v) is 0.859. The number of carbonyl (C=O) groups is 1. The molecule has 0 aliphatic rings. The molecule has 1 atom stereocenters. The summed E-state index contributed by atoms with van der Waals surface area (Å²) in [5.74, 6) is -1.95. The quantitative estimate of drug-likeness (QED) is 0.764. The van der Waals surface area contributed by atoms with Crippen molar-refractivity contribution in [2.75, 3.05) is 0 Å². The number of amides is 1. The molecule has 1 unspecified atom stereocenters. The Balaban J connectivity index is 2.58. The molecule has 1 heterocycles. The van der Waals surface area contributed by atoms with Crippen LogP contribution in [0.3, 0.4) is 0 Å². The second kappa shape index (κ2) is 3.69. The summed E-state index contributed by atoms with van der Waals surface area (Å²) in [6.45, 7) is 1.44. The Morgan fingerprint density at radius 2 is 2.29 bits per heavy atom. The van der Waals surface area contributed by atoms with E-state index in [9.17, 15) is 18.0 Å². The van der Waals surface area contributed by atoms with Gasteiger partial charge in [-0.3, -0.25) is 9.89 Å². The van der Waals surface area contributed by atoms with Gasteiger partial charge in [0.25, 0.3) is 0 Å². The van der Waals surface area contributed by atoms with Gasteiger partial charge in [-0.15, -0.1) is 0 Å². The highest BCUT2D eigenvalue weighted by molar-refractivity contribution is 5.82. The lowest BCUT2D eigenvalue weighted by atomic mass is 10.2. The van der Waals surface area contributed by atoms with E-state index in [1.807, 2.05) is 0 Å². The highest BCUT2D eigenvalue weighted by Crippen LogP contribution is 2.17. The van der Waals surface area contributed by atoms with E-state index in [1.54, 1.807) is 5.32 Å². The van der Waals surface area contributed by atoms with E-state index in [2.05, 4.69) is 10.2 Å². The van der Waals surface area contributed by atoms with Crippen molar-refractivity contribution < 1.29 is 18.0 Å². The lowest BCUT2D eigenvalue weighted by Crippen LogP contribution is -2.38. The highest BCUT2D eigenvalue weighted by atomic mass is 19.4. The smallest absolute Gasteiger partial charge is 0.342 e. The minimum atomic E-state index is -4.85. The molecule has 4 nitrogen and oxygen atoms in total. The molecule has 78 valence electrons. The molecule has 0 aliphatic heterocycles. The van der Waals surface area contributed by atoms with Crippen LogP contribution in [0.1, 0.15) is 18.5 Å². The predicted molar refractivity (Wildman–Crippen MR) is 41.2 cm³/mol. The van der Waals surface area contributed by atoms with Crippen LogP contribution in [0.2, 0.25) is 0 Å². The normalized spacial score (nSPS) is 13.7. The second-order valence-electron chi connectivity index (χ2n) is 2.72. The number of alkyl halides is 3. The second-order valence-corrected chi connectivity index (χ2v) is 2.72. The van der Waals surface area contributed by atoms with Crippen molar-refractivity contribution in [3.8, 4) is 0 Å². The molecule has 0 radical (unpaired) electrons. The fraction of sp³-hybridized carbons (Fsp3) is 0.429. The largest absolute Gasteiger partial charge is 0.471 e. The van der Waals surface area contributed by atoms with Crippen molar-refractivity contribution in [2.24, 2.45) is 0 Å². The number of H-pyrrole nitrogens is 1. The van der Waals surface area contributed by atoms with Gasteiger partial charge in [-0.05, 0) is 6.92 Å². The molecule has 1 aromatic rings. The van der Waals surface area contributed by atoms with Crippen LogP contribution in [0.25, 0.3) is 0 Å². The van der Waals surface area contributed by atoms with Crippen molar-refractivity contribution in [3.05, 3.63) is 18.0 Å². The van der Waals surface area contributed by atoms with Gasteiger partial charge in [-0.1, -0.05) is 0 Å². The molecular weight excluding hydrogens is 199 g/mol. The lowest BCUT2D eigenvalue weighted by Gasteiger charge is -2.13. The Hall–Kier alpha value is -1.53. The molecule has 1 aromatic heterocycles. The molecule has 7 heteroatoms. The van der Waals surface area contributed by atoms with Gasteiger partial charge in [0.2, 0.25) is 0 Å². The maximum atomic E-state index is 11.8. The SMILES string of the molecule is CC(NC(=O)C(F)(F)F)c1cn[nH]c1. The lowest BCUT2D eigenvalue weighted by molar-refractivity contribution is -0.174. The van der Waals surface area contributed by atoms with Gasteiger partial charge in [-0.2, -0.15) is 18.3 Å². The van der Waals surface area contributed by atoms with Gasteiger partial charge < -0.3 is 5.32 Å². The molecule has 2 N–H and O–H groups in total. The van der Waals surface area contributed by atoms with E-state index in [-0.39, 0.29) is 0 Å². The highest BCUT2D eigenvalue weighted by Gasteiger charge is 2.39. The van der Waals surface area contributed by atoms with Gasteiger partial charge in [-0.25, -0.2) is 0 Å². The summed E-state index contributed by atoms with van der Waals surface area (Å²) in [7, 11) is 0. The first kappa shape index (κ1) is 10.6. The zero-order valence-electron chi connectivity index (χ0n) is 7.22. The van der Waals surface area contributed by atoms with Gasteiger partial charge in [0.15, 0.2) is 0 Å². The Morgan fingerprint density at radius 3 is 2.71 bits per heavy atom. The molecule has 0 spiro atoms. The fourth-order valence-electron chi connectivity index (χ4n) is 0.859. The zero-order chi connectivity index (χ0) is 10.8. The van der Waals surface area contributed by atoms with Crippen LogP contribution in [-0.2, 0) is 4.79 Å². The van der Waals surface area contributed by atoms with Crippen LogP contribution in [0.15, 0.2) is 12.4 Å². The topological polar surface area (TPSA) is 57.8 Å². The van der Waals surface area contributed by atoms with E-state index in [0.717, 1.165) is 0 Å². The van der Waals surface area contributed by atoms with Crippen LogP contribution < -0.4 is 5.32 Å². The predicted octanol–water partition coefficient (Wildman–Crippen LogP) is 1.15. The van der Waals surface area contributed by atoms with Crippen LogP contribution in [-0.4, -0.2) is 22.3 Å². The Kier molecular flexibility index (Phi) is 2.78. The van der Waals surface area contributed by atoms with Crippen molar-refractivity contribution in [1.29, 1.82) is 0 Å². The van der Waals surface area contributed by atoms with Gasteiger partial charge in [0, 0.05) is 11.8 Å². The van der Waals surface area contributed by atoms with E-state index < -0.39 is 18.1 Å². The van der Waals surface area contributed by atoms with Crippen LogP contribution >= 0.6 is 0 Å². The van der Waals surface area contributed by atoms with Crippen LogP contribution in [0.5, 0.6) is 0 Å². The summed E-state index contributed by atoms with van der Waals surface area (Å²) in [6.07, 6.45) is -2.08. The van der Waals surface area contributed by atoms with Crippen molar-refractivity contribution >= 4 is 5.91 Å². The molecular formula is C7H8F3N3O. The summed E-state index contributed by atoms with van der Waals surface area (Å²) < 4.78 is 35.4. The third-order valence-corrected chi connectivity index (χ3v) is 1.62. The average Bonchev–Trinajstić information content (AvgIpc) is 2.53. The Labute approximate surface area is 77.5 Å². The van der Waals surface area contributed by atoms with E-state index in [0.29, 0.717) is 5.56 Å². The van der Waals surface area contributed by atoms with Crippen molar-refractivity contribution in [1.82, 2.24) is 15.5 Å². The summed E-state index contributed by atoms with van der Waals surface area (Å²) in [6, 6.07) is -0.720. The monoisotopic (exact) mass is 207 g/mol. The molecule has 0 aromatic carbocycles. The number of halogens is 3. The Bertz CT molecular complexity index is 306. The maximum absolute atomic E-state index is 11.8. The van der Waals surface area contributed by atoms with E-state index in [1.165, 1.54) is 19.3 Å². The van der Waals surface area contributed by atoms with Crippen LogP contribution in [0.4, 0.5) is 13.2 Å². The Morgan fingerprint density at radius 1 is 1.64 bits per heavy atom. The first-order chi connectivity index (χ1) is 6.41. The number of aromatic nitrogens is 2. The number of nitrogens with one attached hydrogen (secondary N) is 2. The number of aromatic amines is 1. The number of hydrogen-bond donors (Lipinski definition) is 2. The number of rotatable bonds is 2. The van der Waals surface area contributed by atoms with Crippen LogP contribution in [0, 0.1) is 0 Å². The molecule has 14 heavy (non-hydrogen) atoms. The molecule has 0 saturated heterocycles. The van der Waals surface area contributed by atoms with Gasteiger partial charge in [0.05, 0.1) is 12.2 Å². The molecule has 1 rings (SSSR count). The summed E-state index contributed by atoms with van der Waals surface area (Å²) >= 11 is 0. The number of carbonyl (C=O) groups excluding carboxylic acids is 1. The van der Waals surface area contributed by atoms with Crippen molar-refractivity contribution in [2.45, 2.75) is 19.1 Å².